The van der Waals surface area contributed by atoms with Gasteiger partial charge in [0, 0.05) is 34.5 Å². The summed E-state index contributed by atoms with van der Waals surface area (Å²) in [6.45, 7) is 5.53. The highest BCUT2D eigenvalue weighted by atomic mass is 79.9. The molecule has 0 unspecified atom stereocenters. The zero-order valence-corrected chi connectivity index (χ0v) is 12.9. The maximum atomic E-state index is 13.3. The zero-order chi connectivity index (χ0) is 14.5. The Bertz CT molecular complexity index is 587. The van der Waals surface area contributed by atoms with Crippen LogP contribution in [-0.2, 0) is 6.54 Å². The first-order chi connectivity index (χ1) is 9.58. The predicted octanol–water partition coefficient (Wildman–Crippen LogP) is 3.59. The first kappa shape index (κ1) is 14.9. The van der Waals surface area contributed by atoms with Gasteiger partial charge in [-0.05, 0) is 25.6 Å². The standard InChI is InChI=1S/C14H15BrFN3O/c1-3-17-7-10-8-18-14(19-9(10)2)20-13-5-11(15)4-12(16)6-13/h4-6,8,17H,3,7H2,1-2H3. The Kier molecular flexibility index (Phi) is 5.03. The minimum atomic E-state index is -0.380. The molecule has 0 saturated heterocycles. The Morgan fingerprint density at radius 1 is 1.35 bits per heavy atom. The van der Waals surface area contributed by atoms with E-state index in [-0.39, 0.29) is 11.8 Å². The minimum Gasteiger partial charge on any atom is -0.424 e. The SMILES string of the molecule is CCNCc1cnc(Oc2cc(F)cc(Br)c2)nc1C. The molecule has 1 heterocycles. The van der Waals surface area contributed by atoms with Gasteiger partial charge in [0.05, 0.1) is 0 Å². The Hall–Kier alpha value is -1.53. The Labute approximate surface area is 125 Å². The maximum Gasteiger partial charge on any atom is 0.322 e. The van der Waals surface area contributed by atoms with Crippen LogP contribution in [0.25, 0.3) is 0 Å². The molecule has 0 amide bonds. The first-order valence-corrected chi connectivity index (χ1v) is 7.05. The normalized spacial score (nSPS) is 10.6. The molecule has 0 atom stereocenters. The number of aromatic nitrogens is 2. The number of halogens is 2. The summed E-state index contributed by atoms with van der Waals surface area (Å²) in [5, 5.41) is 3.21. The van der Waals surface area contributed by atoms with Gasteiger partial charge < -0.3 is 10.1 Å². The summed E-state index contributed by atoms with van der Waals surface area (Å²) in [5.41, 5.74) is 1.85. The van der Waals surface area contributed by atoms with Gasteiger partial charge in [-0.1, -0.05) is 22.9 Å². The van der Waals surface area contributed by atoms with E-state index in [0.29, 0.717) is 16.8 Å². The number of hydrogen-bond acceptors (Lipinski definition) is 4. The fraction of sp³-hybridized carbons (Fsp3) is 0.286. The van der Waals surface area contributed by atoms with Crippen LogP contribution in [0.5, 0.6) is 11.8 Å². The number of nitrogens with zero attached hydrogens (tertiary/aromatic N) is 2. The number of ether oxygens (including phenoxy) is 1. The summed E-state index contributed by atoms with van der Waals surface area (Å²) >= 11 is 3.21. The fourth-order valence-electron chi connectivity index (χ4n) is 1.65. The predicted molar refractivity (Wildman–Crippen MR) is 78.3 cm³/mol. The van der Waals surface area contributed by atoms with E-state index in [1.54, 1.807) is 12.3 Å². The molecule has 0 radical (unpaired) electrons. The van der Waals surface area contributed by atoms with Gasteiger partial charge in [0.2, 0.25) is 0 Å². The van der Waals surface area contributed by atoms with Gasteiger partial charge in [-0.2, -0.15) is 4.98 Å². The van der Waals surface area contributed by atoms with Gasteiger partial charge in [-0.15, -0.1) is 0 Å². The van der Waals surface area contributed by atoms with Crippen molar-refractivity contribution in [2.75, 3.05) is 6.54 Å². The second-order valence-electron chi connectivity index (χ2n) is 4.25. The van der Waals surface area contributed by atoms with Crippen LogP contribution in [0.1, 0.15) is 18.2 Å². The van der Waals surface area contributed by atoms with E-state index in [9.17, 15) is 4.39 Å². The van der Waals surface area contributed by atoms with Crippen molar-refractivity contribution in [3.8, 4) is 11.8 Å². The van der Waals surface area contributed by atoms with E-state index in [2.05, 4.69) is 31.2 Å². The average molecular weight is 340 g/mol. The largest absolute Gasteiger partial charge is 0.424 e. The van der Waals surface area contributed by atoms with Crippen LogP contribution in [0.2, 0.25) is 0 Å². The van der Waals surface area contributed by atoms with Crippen LogP contribution in [0, 0.1) is 12.7 Å². The fourth-order valence-corrected chi connectivity index (χ4v) is 2.09. The van der Waals surface area contributed by atoms with Crippen LogP contribution in [0.3, 0.4) is 0 Å². The van der Waals surface area contributed by atoms with E-state index < -0.39 is 0 Å². The van der Waals surface area contributed by atoms with Crippen molar-refractivity contribution in [1.29, 1.82) is 0 Å². The lowest BCUT2D eigenvalue weighted by Crippen LogP contribution is -2.13. The summed E-state index contributed by atoms with van der Waals surface area (Å²) in [7, 11) is 0. The summed E-state index contributed by atoms with van der Waals surface area (Å²) in [5.74, 6) is -0.0226. The lowest BCUT2D eigenvalue weighted by atomic mass is 10.2. The third-order valence-corrected chi connectivity index (χ3v) is 3.13. The minimum absolute atomic E-state index is 0.209. The molecule has 0 spiro atoms. The van der Waals surface area contributed by atoms with Crippen molar-refractivity contribution in [3.63, 3.8) is 0 Å². The van der Waals surface area contributed by atoms with Gasteiger partial charge in [0.1, 0.15) is 11.6 Å². The molecule has 0 aliphatic rings. The molecule has 1 aromatic carbocycles. The highest BCUT2D eigenvalue weighted by molar-refractivity contribution is 9.10. The number of nitrogens with one attached hydrogen (secondary N) is 1. The molecule has 2 aromatic rings. The Morgan fingerprint density at radius 2 is 2.15 bits per heavy atom. The monoisotopic (exact) mass is 339 g/mol. The quantitative estimate of drug-likeness (QED) is 0.904. The topological polar surface area (TPSA) is 47.0 Å². The maximum absolute atomic E-state index is 13.3. The molecule has 0 fully saturated rings. The van der Waals surface area contributed by atoms with Crippen molar-refractivity contribution in [2.24, 2.45) is 0 Å². The summed E-state index contributed by atoms with van der Waals surface area (Å²) in [4.78, 5) is 8.41. The van der Waals surface area contributed by atoms with Crippen LogP contribution in [-0.4, -0.2) is 16.5 Å². The van der Waals surface area contributed by atoms with E-state index in [0.717, 1.165) is 17.8 Å². The summed E-state index contributed by atoms with van der Waals surface area (Å²) in [6.07, 6.45) is 1.72. The van der Waals surface area contributed by atoms with Crippen LogP contribution >= 0.6 is 15.9 Å². The Balaban J connectivity index is 2.15. The van der Waals surface area contributed by atoms with Crippen molar-refractivity contribution in [2.45, 2.75) is 20.4 Å². The van der Waals surface area contributed by atoms with Gasteiger partial charge in [0.15, 0.2) is 0 Å². The van der Waals surface area contributed by atoms with Gasteiger partial charge in [0.25, 0.3) is 0 Å². The molecule has 1 aromatic heterocycles. The van der Waals surface area contributed by atoms with E-state index in [1.807, 2.05) is 13.8 Å². The van der Waals surface area contributed by atoms with E-state index in [4.69, 9.17) is 4.74 Å². The summed E-state index contributed by atoms with van der Waals surface area (Å²) < 4.78 is 19.3. The smallest absolute Gasteiger partial charge is 0.322 e. The number of aryl methyl sites for hydroxylation is 1. The molecule has 6 heteroatoms. The number of hydrogen-bond donors (Lipinski definition) is 1. The molecule has 4 nitrogen and oxygen atoms in total. The molecule has 0 bridgehead atoms. The van der Waals surface area contributed by atoms with Gasteiger partial charge in [-0.25, -0.2) is 9.37 Å². The van der Waals surface area contributed by atoms with Gasteiger partial charge >= 0.3 is 6.01 Å². The molecule has 20 heavy (non-hydrogen) atoms. The molecule has 0 saturated carbocycles. The van der Waals surface area contributed by atoms with E-state index >= 15 is 0 Å². The highest BCUT2D eigenvalue weighted by Crippen LogP contribution is 2.24. The Morgan fingerprint density at radius 3 is 2.80 bits per heavy atom. The van der Waals surface area contributed by atoms with Crippen molar-refractivity contribution >= 4 is 15.9 Å². The molecular formula is C14H15BrFN3O. The third kappa shape index (κ3) is 3.98. The zero-order valence-electron chi connectivity index (χ0n) is 11.3. The van der Waals surface area contributed by atoms with E-state index in [1.165, 1.54) is 12.1 Å². The molecule has 1 N–H and O–H groups in total. The van der Waals surface area contributed by atoms with Crippen molar-refractivity contribution in [1.82, 2.24) is 15.3 Å². The van der Waals surface area contributed by atoms with Crippen molar-refractivity contribution < 1.29 is 9.13 Å². The van der Waals surface area contributed by atoms with Crippen LogP contribution in [0.4, 0.5) is 4.39 Å². The number of rotatable bonds is 5. The summed E-state index contributed by atoms with van der Waals surface area (Å²) in [6, 6.07) is 4.52. The highest BCUT2D eigenvalue weighted by Gasteiger charge is 2.07. The van der Waals surface area contributed by atoms with Crippen LogP contribution < -0.4 is 10.1 Å². The molecule has 0 aliphatic heterocycles. The lowest BCUT2D eigenvalue weighted by molar-refractivity contribution is 0.435. The second-order valence-corrected chi connectivity index (χ2v) is 5.17. The molecule has 0 aliphatic carbocycles. The molecule has 106 valence electrons. The average Bonchev–Trinajstić information content (AvgIpc) is 2.36. The molecule has 2 rings (SSSR count). The van der Waals surface area contributed by atoms with Gasteiger partial charge in [-0.3, -0.25) is 0 Å². The first-order valence-electron chi connectivity index (χ1n) is 6.25. The lowest BCUT2D eigenvalue weighted by Gasteiger charge is -2.08. The van der Waals surface area contributed by atoms with Crippen LogP contribution in [0.15, 0.2) is 28.9 Å². The number of benzene rings is 1. The second kappa shape index (κ2) is 6.76. The third-order valence-electron chi connectivity index (χ3n) is 2.67. The van der Waals surface area contributed by atoms with Crippen molar-refractivity contribution in [3.05, 3.63) is 45.9 Å². The molecular weight excluding hydrogens is 325 g/mol.